The van der Waals surface area contributed by atoms with E-state index >= 15 is 0 Å². The van der Waals surface area contributed by atoms with E-state index in [9.17, 15) is 4.79 Å². The van der Waals surface area contributed by atoms with Gasteiger partial charge in [0.2, 0.25) is 0 Å². The number of quaternary nitrogens is 1. The lowest BCUT2D eigenvalue weighted by Gasteiger charge is -2.28. The Labute approximate surface area is 149 Å². The van der Waals surface area contributed by atoms with E-state index in [0.717, 1.165) is 36.9 Å². The summed E-state index contributed by atoms with van der Waals surface area (Å²) in [5, 5.41) is 0. The number of likely N-dealkylation sites (N-methyl/N-ethyl adjacent to an activating group) is 1. The SMILES string of the molecule is CCCCCCCCCC(=O)OCC[N+](C)(C)COCCC.[Cl-]. The zero-order chi connectivity index (χ0) is 16.7. The third kappa shape index (κ3) is 17.9. The van der Waals surface area contributed by atoms with Crippen LogP contribution in [0, 0.1) is 0 Å². The molecule has 0 aromatic carbocycles. The second-order valence-corrected chi connectivity index (χ2v) is 6.79. The molecule has 0 saturated carbocycles. The van der Waals surface area contributed by atoms with Gasteiger partial charge in [0.05, 0.1) is 20.7 Å². The zero-order valence-corrected chi connectivity index (χ0v) is 16.5. The van der Waals surface area contributed by atoms with E-state index in [0.29, 0.717) is 19.8 Å². The van der Waals surface area contributed by atoms with Gasteiger partial charge in [-0.15, -0.1) is 0 Å². The molecule has 0 aromatic heterocycles. The number of rotatable bonds is 15. The van der Waals surface area contributed by atoms with E-state index in [-0.39, 0.29) is 18.4 Å². The van der Waals surface area contributed by atoms with Crippen LogP contribution in [0.4, 0.5) is 0 Å². The van der Waals surface area contributed by atoms with Gasteiger partial charge in [0.15, 0.2) is 6.73 Å². The molecule has 0 aliphatic heterocycles. The van der Waals surface area contributed by atoms with Crippen molar-refractivity contribution in [3.05, 3.63) is 0 Å². The number of ether oxygens (including phenoxy) is 2. The lowest BCUT2D eigenvalue weighted by atomic mass is 10.1. The Morgan fingerprint density at radius 1 is 0.870 bits per heavy atom. The molecule has 0 unspecified atom stereocenters. The zero-order valence-electron chi connectivity index (χ0n) is 15.7. The molecule has 0 radical (unpaired) electrons. The van der Waals surface area contributed by atoms with E-state index < -0.39 is 0 Å². The molecule has 0 heterocycles. The van der Waals surface area contributed by atoms with Crippen LogP contribution in [0.15, 0.2) is 0 Å². The van der Waals surface area contributed by atoms with Crippen molar-refractivity contribution in [2.75, 3.05) is 40.6 Å². The highest BCUT2D eigenvalue weighted by Crippen LogP contribution is 2.09. The summed E-state index contributed by atoms with van der Waals surface area (Å²) in [6.07, 6.45) is 10.2. The van der Waals surface area contributed by atoms with Crippen molar-refractivity contribution in [1.29, 1.82) is 0 Å². The van der Waals surface area contributed by atoms with Crippen LogP contribution in [0.2, 0.25) is 0 Å². The molecule has 5 heteroatoms. The van der Waals surface area contributed by atoms with Gasteiger partial charge in [-0.25, -0.2) is 0 Å². The summed E-state index contributed by atoms with van der Waals surface area (Å²) in [6, 6.07) is 0. The number of halogens is 1. The fourth-order valence-electron chi connectivity index (χ4n) is 2.23. The summed E-state index contributed by atoms with van der Waals surface area (Å²) in [7, 11) is 4.19. The quantitative estimate of drug-likeness (QED) is 0.192. The van der Waals surface area contributed by atoms with Gasteiger partial charge in [-0.1, -0.05) is 52.4 Å². The first-order chi connectivity index (χ1) is 10.5. The van der Waals surface area contributed by atoms with E-state index in [1.807, 2.05) is 0 Å². The fourth-order valence-corrected chi connectivity index (χ4v) is 2.23. The van der Waals surface area contributed by atoms with Gasteiger partial charge < -0.3 is 26.4 Å². The van der Waals surface area contributed by atoms with E-state index in [4.69, 9.17) is 9.47 Å². The second-order valence-electron chi connectivity index (χ2n) is 6.79. The van der Waals surface area contributed by atoms with Gasteiger partial charge in [-0.2, -0.15) is 0 Å². The summed E-state index contributed by atoms with van der Waals surface area (Å²) >= 11 is 0. The Balaban J connectivity index is 0. The fraction of sp³-hybridized carbons (Fsp3) is 0.944. The summed E-state index contributed by atoms with van der Waals surface area (Å²) in [5.41, 5.74) is 0. The number of nitrogens with zero attached hydrogens (tertiary/aromatic N) is 1. The average molecular weight is 352 g/mol. The summed E-state index contributed by atoms with van der Waals surface area (Å²) in [4.78, 5) is 11.7. The molecular formula is C18H38ClNO3. The van der Waals surface area contributed by atoms with Crippen LogP contribution in [0.3, 0.4) is 0 Å². The highest BCUT2D eigenvalue weighted by molar-refractivity contribution is 5.69. The molecule has 0 spiro atoms. The highest BCUT2D eigenvalue weighted by Gasteiger charge is 2.15. The van der Waals surface area contributed by atoms with Gasteiger partial charge in [0.1, 0.15) is 13.2 Å². The Morgan fingerprint density at radius 3 is 2.09 bits per heavy atom. The van der Waals surface area contributed by atoms with Crippen LogP contribution in [0.1, 0.15) is 71.6 Å². The normalized spacial score (nSPS) is 11.1. The summed E-state index contributed by atoms with van der Waals surface area (Å²) in [5.74, 6) is -0.0527. The molecule has 140 valence electrons. The Bertz CT molecular complexity index is 273. The standard InChI is InChI=1S/C18H38NO3.ClH/c1-5-7-8-9-10-11-12-13-18(20)22-16-14-19(3,4)17-21-15-6-2;/h5-17H2,1-4H3;1H/q+1;/p-1. The molecule has 0 atom stereocenters. The van der Waals surface area contributed by atoms with Crippen molar-refractivity contribution in [3.8, 4) is 0 Å². The summed E-state index contributed by atoms with van der Waals surface area (Å²) in [6.45, 7) is 7.07. The molecule has 0 aliphatic rings. The van der Waals surface area contributed by atoms with Crippen molar-refractivity contribution in [2.45, 2.75) is 71.6 Å². The van der Waals surface area contributed by atoms with Crippen LogP contribution >= 0.6 is 0 Å². The molecule has 0 amide bonds. The molecule has 4 nitrogen and oxygen atoms in total. The monoisotopic (exact) mass is 351 g/mol. The van der Waals surface area contributed by atoms with Gasteiger partial charge in [-0.05, 0) is 12.8 Å². The number of unbranched alkanes of at least 4 members (excludes halogenated alkanes) is 6. The molecule has 0 fully saturated rings. The van der Waals surface area contributed by atoms with Crippen LogP contribution in [0.25, 0.3) is 0 Å². The predicted molar refractivity (Wildman–Crippen MR) is 91.7 cm³/mol. The number of hydrogen-bond acceptors (Lipinski definition) is 3. The topological polar surface area (TPSA) is 35.5 Å². The minimum absolute atomic E-state index is 0. The lowest BCUT2D eigenvalue weighted by Crippen LogP contribution is -3.00. The van der Waals surface area contributed by atoms with Gasteiger partial charge in [0, 0.05) is 6.42 Å². The van der Waals surface area contributed by atoms with Crippen LogP contribution in [-0.4, -0.2) is 51.0 Å². The first-order valence-electron chi connectivity index (χ1n) is 9.07. The third-order valence-corrected chi connectivity index (χ3v) is 3.73. The molecule has 0 aromatic rings. The maximum Gasteiger partial charge on any atom is 0.305 e. The molecule has 0 aliphatic carbocycles. The first kappa shape index (κ1) is 24.9. The highest BCUT2D eigenvalue weighted by atomic mass is 35.5. The summed E-state index contributed by atoms with van der Waals surface area (Å²) < 4.78 is 11.6. The number of carbonyl (C=O) groups is 1. The third-order valence-electron chi connectivity index (χ3n) is 3.73. The van der Waals surface area contributed by atoms with Crippen molar-refractivity contribution < 1.29 is 31.2 Å². The largest absolute Gasteiger partial charge is 1.00 e. The van der Waals surface area contributed by atoms with Crippen LogP contribution < -0.4 is 12.4 Å². The molecular weight excluding hydrogens is 314 g/mol. The van der Waals surface area contributed by atoms with Gasteiger partial charge in [0.25, 0.3) is 0 Å². The average Bonchev–Trinajstić information content (AvgIpc) is 2.46. The number of hydrogen-bond donors (Lipinski definition) is 0. The Kier molecular flexibility index (Phi) is 17.9. The van der Waals surface area contributed by atoms with Crippen LogP contribution in [-0.2, 0) is 14.3 Å². The van der Waals surface area contributed by atoms with Crippen molar-refractivity contribution in [2.24, 2.45) is 0 Å². The van der Waals surface area contributed by atoms with Crippen molar-refractivity contribution in [3.63, 3.8) is 0 Å². The molecule has 0 saturated heterocycles. The van der Waals surface area contributed by atoms with Crippen molar-refractivity contribution in [1.82, 2.24) is 0 Å². The van der Waals surface area contributed by atoms with E-state index in [1.54, 1.807) is 0 Å². The Hall–Kier alpha value is -0.320. The minimum Gasteiger partial charge on any atom is -1.00 e. The number of carbonyl (C=O) groups excluding carboxylic acids is 1. The van der Waals surface area contributed by atoms with Gasteiger partial charge >= 0.3 is 5.97 Å². The Morgan fingerprint density at radius 2 is 1.48 bits per heavy atom. The first-order valence-corrected chi connectivity index (χ1v) is 9.07. The smallest absolute Gasteiger partial charge is 0.305 e. The van der Waals surface area contributed by atoms with E-state index in [2.05, 4.69) is 27.9 Å². The maximum atomic E-state index is 11.7. The number of esters is 1. The van der Waals surface area contributed by atoms with Crippen molar-refractivity contribution >= 4 is 5.97 Å². The predicted octanol–water partition coefficient (Wildman–Crippen LogP) is 1.13. The minimum atomic E-state index is -0.0527. The van der Waals surface area contributed by atoms with Gasteiger partial charge in [-0.3, -0.25) is 4.79 Å². The lowest BCUT2D eigenvalue weighted by molar-refractivity contribution is -0.909. The van der Waals surface area contributed by atoms with Crippen LogP contribution in [0.5, 0.6) is 0 Å². The molecule has 0 rings (SSSR count). The molecule has 0 N–H and O–H groups in total. The molecule has 23 heavy (non-hydrogen) atoms. The molecule has 0 bridgehead atoms. The maximum absolute atomic E-state index is 11.7. The second kappa shape index (κ2) is 16.5. The van der Waals surface area contributed by atoms with E-state index in [1.165, 1.54) is 32.1 Å².